The number of rotatable bonds is 3. The van der Waals surface area contributed by atoms with Crippen LogP contribution in [0.2, 0.25) is 0 Å². The third-order valence-corrected chi connectivity index (χ3v) is 4.62. The Morgan fingerprint density at radius 1 is 1.16 bits per heavy atom. The van der Waals surface area contributed by atoms with Gasteiger partial charge in [-0.05, 0) is 23.1 Å². The molecule has 132 valence electrons. The summed E-state index contributed by atoms with van der Waals surface area (Å²) < 4.78 is 1.79. The molecule has 2 amide bonds. The van der Waals surface area contributed by atoms with Crippen LogP contribution in [-0.2, 0) is 30.3 Å². The fourth-order valence-corrected chi connectivity index (χ4v) is 2.95. The van der Waals surface area contributed by atoms with Gasteiger partial charge in [0, 0.05) is 24.7 Å². The second-order valence-electron chi connectivity index (χ2n) is 7.50. The minimum absolute atomic E-state index is 0.00126. The monoisotopic (exact) mass is 340 g/mol. The summed E-state index contributed by atoms with van der Waals surface area (Å²) in [5.74, 6) is -0.317. The van der Waals surface area contributed by atoms with E-state index in [-0.39, 0.29) is 23.8 Å². The molecule has 0 spiro atoms. The minimum Gasteiger partial charge on any atom is -0.343 e. The van der Waals surface area contributed by atoms with E-state index in [0.29, 0.717) is 18.7 Å². The Balaban J connectivity index is 1.55. The first-order valence-corrected chi connectivity index (χ1v) is 8.42. The Labute approximate surface area is 147 Å². The summed E-state index contributed by atoms with van der Waals surface area (Å²) in [6, 6.07) is 7.53. The number of aromatic nitrogens is 2. The van der Waals surface area contributed by atoms with E-state index in [1.165, 1.54) is 5.56 Å². The van der Waals surface area contributed by atoms with Gasteiger partial charge in [0.2, 0.25) is 5.91 Å². The van der Waals surface area contributed by atoms with Crippen LogP contribution in [0, 0.1) is 0 Å². The number of carbonyl (C=O) groups excluding carboxylic acids is 2. The zero-order valence-corrected chi connectivity index (χ0v) is 15.2. The van der Waals surface area contributed by atoms with Gasteiger partial charge in [0.05, 0.1) is 25.0 Å². The molecule has 3 rings (SSSR count). The maximum atomic E-state index is 12.3. The van der Waals surface area contributed by atoms with Crippen LogP contribution in [0.25, 0.3) is 0 Å². The highest BCUT2D eigenvalue weighted by Gasteiger charge is 2.26. The molecule has 0 radical (unpaired) electrons. The third kappa shape index (κ3) is 3.57. The molecule has 2 heterocycles. The number of aryl methyl sites for hydroxylation is 1. The number of benzene rings is 1. The SMILES string of the molecule is Cn1ncc2c1CN(C(=O)CNC(=O)c1ccc(C(C)(C)C)cc1)C2. The quantitative estimate of drug-likeness (QED) is 0.929. The van der Waals surface area contributed by atoms with Crippen molar-refractivity contribution in [2.24, 2.45) is 7.05 Å². The standard InChI is InChI=1S/C19H24N4O2/c1-19(2,3)15-7-5-13(6-8-15)18(25)20-10-17(24)23-11-14-9-21-22(4)16(14)12-23/h5-9H,10-12H2,1-4H3,(H,20,25). The van der Waals surface area contributed by atoms with Gasteiger partial charge in [-0.2, -0.15) is 5.10 Å². The van der Waals surface area contributed by atoms with Gasteiger partial charge in [-0.1, -0.05) is 32.9 Å². The van der Waals surface area contributed by atoms with E-state index in [2.05, 4.69) is 31.2 Å². The first-order chi connectivity index (χ1) is 11.8. The van der Waals surface area contributed by atoms with Crippen molar-refractivity contribution in [3.63, 3.8) is 0 Å². The number of fused-ring (bicyclic) bond motifs is 1. The highest BCUT2D eigenvalue weighted by molar-refractivity contribution is 5.96. The van der Waals surface area contributed by atoms with E-state index in [9.17, 15) is 9.59 Å². The second-order valence-corrected chi connectivity index (χ2v) is 7.50. The maximum absolute atomic E-state index is 12.3. The van der Waals surface area contributed by atoms with Gasteiger partial charge in [-0.25, -0.2) is 0 Å². The fourth-order valence-electron chi connectivity index (χ4n) is 2.95. The molecule has 25 heavy (non-hydrogen) atoms. The van der Waals surface area contributed by atoms with E-state index < -0.39 is 0 Å². The number of nitrogens with one attached hydrogen (secondary N) is 1. The Kier molecular flexibility index (Phi) is 4.37. The van der Waals surface area contributed by atoms with E-state index >= 15 is 0 Å². The Morgan fingerprint density at radius 3 is 2.44 bits per heavy atom. The van der Waals surface area contributed by atoms with Crippen molar-refractivity contribution in [3.05, 3.63) is 52.8 Å². The summed E-state index contributed by atoms with van der Waals surface area (Å²) in [4.78, 5) is 26.3. The normalized spacial score (nSPS) is 13.7. The van der Waals surface area contributed by atoms with Crippen molar-refractivity contribution in [1.82, 2.24) is 20.0 Å². The molecule has 1 aliphatic heterocycles. The number of amides is 2. The molecule has 6 heteroatoms. The van der Waals surface area contributed by atoms with E-state index in [1.807, 2.05) is 19.2 Å². The van der Waals surface area contributed by atoms with Crippen LogP contribution < -0.4 is 5.32 Å². The van der Waals surface area contributed by atoms with Crippen LogP contribution in [0.3, 0.4) is 0 Å². The molecular weight excluding hydrogens is 316 g/mol. The van der Waals surface area contributed by atoms with Gasteiger partial charge in [-0.15, -0.1) is 0 Å². The first-order valence-electron chi connectivity index (χ1n) is 8.42. The van der Waals surface area contributed by atoms with E-state index in [0.717, 1.165) is 11.3 Å². The molecule has 0 fully saturated rings. The molecule has 1 aliphatic rings. The molecule has 1 aromatic heterocycles. The average molecular weight is 340 g/mol. The van der Waals surface area contributed by atoms with Crippen LogP contribution >= 0.6 is 0 Å². The summed E-state index contributed by atoms with van der Waals surface area (Å²) in [6.07, 6.45) is 1.79. The molecule has 0 unspecified atom stereocenters. The smallest absolute Gasteiger partial charge is 0.251 e. The summed E-state index contributed by atoms with van der Waals surface area (Å²) >= 11 is 0. The van der Waals surface area contributed by atoms with Crippen molar-refractivity contribution in [1.29, 1.82) is 0 Å². The van der Waals surface area contributed by atoms with Gasteiger partial charge in [0.1, 0.15) is 0 Å². The van der Waals surface area contributed by atoms with Gasteiger partial charge >= 0.3 is 0 Å². The Hall–Kier alpha value is -2.63. The molecular formula is C19H24N4O2. The van der Waals surface area contributed by atoms with E-state index in [4.69, 9.17) is 0 Å². The summed E-state index contributed by atoms with van der Waals surface area (Å²) in [5.41, 5.74) is 3.90. The van der Waals surface area contributed by atoms with Gasteiger partial charge in [-0.3, -0.25) is 14.3 Å². The molecule has 1 aromatic carbocycles. The maximum Gasteiger partial charge on any atom is 0.251 e. The van der Waals surface area contributed by atoms with E-state index in [1.54, 1.807) is 27.9 Å². The number of hydrogen-bond donors (Lipinski definition) is 1. The van der Waals surface area contributed by atoms with Crippen molar-refractivity contribution >= 4 is 11.8 Å². The number of nitrogens with zero attached hydrogens (tertiary/aromatic N) is 3. The van der Waals surface area contributed by atoms with Crippen LogP contribution in [0.15, 0.2) is 30.5 Å². The molecule has 1 N–H and O–H groups in total. The van der Waals surface area contributed by atoms with Gasteiger partial charge in [0.15, 0.2) is 0 Å². The zero-order valence-electron chi connectivity index (χ0n) is 15.2. The lowest BCUT2D eigenvalue weighted by Gasteiger charge is -2.19. The largest absolute Gasteiger partial charge is 0.343 e. The summed E-state index contributed by atoms with van der Waals surface area (Å²) in [5, 5.41) is 6.89. The molecule has 0 saturated heterocycles. The van der Waals surface area contributed by atoms with Crippen molar-refractivity contribution < 1.29 is 9.59 Å². The average Bonchev–Trinajstić information content (AvgIpc) is 3.14. The number of carbonyl (C=O) groups is 2. The molecule has 0 bridgehead atoms. The van der Waals surface area contributed by atoms with Crippen molar-refractivity contribution in [3.8, 4) is 0 Å². The predicted molar refractivity (Wildman–Crippen MR) is 94.9 cm³/mol. The van der Waals surface area contributed by atoms with Crippen molar-refractivity contribution in [2.75, 3.05) is 6.54 Å². The predicted octanol–water partition coefficient (Wildman–Crippen LogP) is 1.99. The molecule has 0 saturated carbocycles. The lowest BCUT2D eigenvalue weighted by atomic mass is 9.87. The van der Waals surface area contributed by atoms with Gasteiger partial charge < -0.3 is 10.2 Å². The first kappa shape index (κ1) is 17.2. The van der Waals surface area contributed by atoms with Crippen LogP contribution in [-0.4, -0.2) is 33.0 Å². The van der Waals surface area contributed by atoms with Crippen molar-refractivity contribution in [2.45, 2.75) is 39.3 Å². The number of hydrogen-bond acceptors (Lipinski definition) is 3. The summed E-state index contributed by atoms with van der Waals surface area (Å²) in [6.45, 7) is 7.49. The molecule has 2 aromatic rings. The van der Waals surface area contributed by atoms with Gasteiger partial charge in [0.25, 0.3) is 5.91 Å². The third-order valence-electron chi connectivity index (χ3n) is 4.62. The molecule has 6 nitrogen and oxygen atoms in total. The molecule has 0 aliphatic carbocycles. The summed E-state index contributed by atoms with van der Waals surface area (Å²) in [7, 11) is 1.87. The van der Waals surface area contributed by atoms with Crippen LogP contribution in [0.1, 0.15) is 48.0 Å². The Bertz CT molecular complexity index is 800. The minimum atomic E-state index is -0.229. The topological polar surface area (TPSA) is 67.2 Å². The van der Waals surface area contributed by atoms with Crippen LogP contribution in [0.5, 0.6) is 0 Å². The molecule has 0 atom stereocenters. The lowest BCUT2D eigenvalue weighted by Crippen LogP contribution is -2.37. The van der Waals surface area contributed by atoms with Crippen LogP contribution in [0.4, 0.5) is 0 Å². The fraction of sp³-hybridized carbons (Fsp3) is 0.421. The Morgan fingerprint density at radius 2 is 1.84 bits per heavy atom. The lowest BCUT2D eigenvalue weighted by molar-refractivity contribution is -0.130. The zero-order chi connectivity index (χ0) is 18.2. The second kappa shape index (κ2) is 6.35. The highest BCUT2D eigenvalue weighted by Crippen LogP contribution is 2.23. The highest BCUT2D eigenvalue weighted by atomic mass is 16.2.